The van der Waals surface area contributed by atoms with Crippen molar-refractivity contribution in [3.63, 3.8) is 0 Å². The number of carbonyl (C=O) groups excluding carboxylic acids is 1. The van der Waals surface area contributed by atoms with E-state index in [1.54, 1.807) is 0 Å². The molecule has 3 atom stereocenters. The van der Waals surface area contributed by atoms with Crippen molar-refractivity contribution in [2.24, 2.45) is 5.92 Å². The lowest BCUT2D eigenvalue weighted by Gasteiger charge is -2.24. The minimum absolute atomic E-state index is 0.0278. The van der Waals surface area contributed by atoms with E-state index in [-0.39, 0.29) is 11.9 Å². The van der Waals surface area contributed by atoms with Gasteiger partial charge in [-0.15, -0.1) is 0 Å². The van der Waals surface area contributed by atoms with Crippen molar-refractivity contribution < 1.29 is 4.79 Å². The number of anilines is 1. The third-order valence-corrected chi connectivity index (χ3v) is 5.24. The highest BCUT2D eigenvalue weighted by Gasteiger charge is 2.38. The molecule has 1 aromatic carbocycles. The van der Waals surface area contributed by atoms with Crippen molar-refractivity contribution in [1.82, 2.24) is 10.2 Å². The molecule has 1 aliphatic heterocycles. The Balaban J connectivity index is 1.65. The van der Waals surface area contributed by atoms with Gasteiger partial charge < -0.3 is 15.5 Å². The van der Waals surface area contributed by atoms with Gasteiger partial charge in [0, 0.05) is 18.3 Å². The topological polar surface area (TPSA) is 44.4 Å². The molecule has 0 radical (unpaired) electrons. The third kappa shape index (κ3) is 3.93. The van der Waals surface area contributed by atoms with Gasteiger partial charge in [-0.1, -0.05) is 25.0 Å². The first-order valence-electron chi connectivity index (χ1n) is 8.84. The molecule has 4 nitrogen and oxygen atoms in total. The van der Waals surface area contributed by atoms with Crippen LogP contribution in [0.3, 0.4) is 0 Å². The summed E-state index contributed by atoms with van der Waals surface area (Å²) in [5.41, 5.74) is 3.30. The zero-order valence-corrected chi connectivity index (χ0v) is 14.6. The second-order valence-corrected chi connectivity index (χ2v) is 7.48. The highest BCUT2D eigenvalue weighted by molar-refractivity contribution is 5.95. The predicted octanol–water partition coefficient (Wildman–Crippen LogP) is 2.92. The van der Waals surface area contributed by atoms with Gasteiger partial charge in [0.2, 0.25) is 5.91 Å². The van der Waals surface area contributed by atoms with Crippen LogP contribution in [0.4, 0.5) is 5.69 Å². The number of rotatable bonds is 4. The lowest BCUT2D eigenvalue weighted by atomic mass is 9.85. The number of nitrogens with zero attached hydrogens (tertiary/aromatic N) is 1. The summed E-state index contributed by atoms with van der Waals surface area (Å²) in [6.45, 7) is 2.94. The van der Waals surface area contributed by atoms with E-state index in [1.807, 2.05) is 0 Å². The molecule has 126 valence electrons. The molecule has 1 aliphatic carbocycles. The fourth-order valence-electron chi connectivity index (χ4n) is 4.01. The van der Waals surface area contributed by atoms with Crippen LogP contribution in [0.2, 0.25) is 0 Å². The first-order chi connectivity index (χ1) is 11.0. The van der Waals surface area contributed by atoms with Crippen molar-refractivity contribution in [2.75, 3.05) is 19.4 Å². The predicted molar refractivity (Wildman–Crippen MR) is 94.5 cm³/mol. The maximum Gasteiger partial charge on any atom is 0.241 e. The van der Waals surface area contributed by atoms with E-state index in [0.717, 1.165) is 24.2 Å². The second kappa shape index (κ2) is 7.02. The van der Waals surface area contributed by atoms with Crippen molar-refractivity contribution in [3.05, 3.63) is 29.3 Å². The minimum atomic E-state index is -0.0278. The Bertz CT molecular complexity index is 556. The van der Waals surface area contributed by atoms with Gasteiger partial charge in [0.05, 0.1) is 6.04 Å². The number of aryl methyl sites for hydroxylation is 1. The lowest BCUT2D eigenvalue weighted by Crippen LogP contribution is -2.40. The fourth-order valence-corrected chi connectivity index (χ4v) is 4.01. The molecule has 1 saturated heterocycles. The number of nitrogens with one attached hydrogen (secondary N) is 2. The van der Waals surface area contributed by atoms with Gasteiger partial charge in [0.15, 0.2) is 0 Å². The Morgan fingerprint density at radius 3 is 2.83 bits per heavy atom. The van der Waals surface area contributed by atoms with Gasteiger partial charge in [-0.2, -0.15) is 0 Å². The number of fused-ring (bicyclic) bond motifs is 1. The maximum absolute atomic E-state index is 12.7. The molecule has 4 heteroatoms. The second-order valence-electron chi connectivity index (χ2n) is 7.48. The molecule has 2 N–H and O–H groups in total. The molecule has 3 unspecified atom stereocenters. The quantitative estimate of drug-likeness (QED) is 0.898. The van der Waals surface area contributed by atoms with Gasteiger partial charge in [0.1, 0.15) is 0 Å². The van der Waals surface area contributed by atoms with Gasteiger partial charge in [-0.05, 0) is 63.4 Å². The summed E-state index contributed by atoms with van der Waals surface area (Å²) in [5, 5.41) is 6.71. The largest absolute Gasteiger partial charge is 0.324 e. The van der Waals surface area contributed by atoms with E-state index < -0.39 is 0 Å². The molecule has 0 aromatic heterocycles. The summed E-state index contributed by atoms with van der Waals surface area (Å²) in [7, 11) is 4.12. The van der Waals surface area contributed by atoms with Gasteiger partial charge in [-0.3, -0.25) is 4.79 Å². The Morgan fingerprint density at radius 2 is 2.09 bits per heavy atom. The van der Waals surface area contributed by atoms with Crippen LogP contribution in [0.15, 0.2) is 18.2 Å². The molecule has 1 aromatic rings. The Hall–Kier alpha value is -1.39. The number of hydrogen-bond acceptors (Lipinski definition) is 3. The average molecular weight is 315 g/mol. The smallest absolute Gasteiger partial charge is 0.241 e. The number of carbonyl (C=O) groups is 1. The molecule has 1 saturated carbocycles. The highest BCUT2D eigenvalue weighted by Crippen LogP contribution is 2.33. The molecule has 2 fully saturated rings. The first-order valence-corrected chi connectivity index (χ1v) is 8.84. The molecule has 23 heavy (non-hydrogen) atoms. The Morgan fingerprint density at radius 1 is 1.30 bits per heavy atom. The van der Waals surface area contributed by atoms with Crippen LogP contribution in [-0.4, -0.2) is 37.0 Å². The van der Waals surface area contributed by atoms with Crippen molar-refractivity contribution in [3.8, 4) is 0 Å². The van der Waals surface area contributed by atoms with E-state index >= 15 is 0 Å². The molecule has 0 bridgehead atoms. The molecule has 2 aliphatic rings. The summed E-state index contributed by atoms with van der Waals surface area (Å²) in [6, 6.07) is 6.86. The number of hydrogen-bond donors (Lipinski definition) is 2. The van der Waals surface area contributed by atoms with E-state index in [2.05, 4.69) is 54.8 Å². The zero-order chi connectivity index (χ0) is 16.4. The van der Waals surface area contributed by atoms with Crippen LogP contribution in [0.5, 0.6) is 0 Å². The Kier molecular flexibility index (Phi) is 5.02. The van der Waals surface area contributed by atoms with Crippen molar-refractivity contribution in [1.29, 1.82) is 0 Å². The van der Waals surface area contributed by atoms with Crippen LogP contribution in [-0.2, 0) is 11.3 Å². The monoisotopic (exact) mass is 315 g/mol. The summed E-state index contributed by atoms with van der Waals surface area (Å²) in [5.74, 6) is 0.824. The minimum Gasteiger partial charge on any atom is -0.324 e. The van der Waals surface area contributed by atoms with Crippen molar-refractivity contribution in [2.45, 2.75) is 57.7 Å². The van der Waals surface area contributed by atoms with Crippen LogP contribution >= 0.6 is 0 Å². The third-order valence-electron chi connectivity index (χ3n) is 5.24. The molecular weight excluding hydrogens is 286 g/mol. The SMILES string of the molecule is Cc1ccc(CN(C)C)cc1NC(=O)C1CC2CCCCC2N1. The Labute approximate surface area is 139 Å². The van der Waals surface area contributed by atoms with E-state index in [1.165, 1.54) is 31.2 Å². The highest BCUT2D eigenvalue weighted by atomic mass is 16.2. The van der Waals surface area contributed by atoms with E-state index in [9.17, 15) is 4.79 Å². The summed E-state index contributed by atoms with van der Waals surface area (Å²) in [6.07, 6.45) is 6.12. The van der Waals surface area contributed by atoms with Crippen molar-refractivity contribution >= 4 is 11.6 Å². The average Bonchev–Trinajstić information content (AvgIpc) is 2.94. The van der Waals surface area contributed by atoms with Gasteiger partial charge in [0.25, 0.3) is 0 Å². The standard InChI is InChI=1S/C19H29N3O/c1-13-8-9-14(12-22(2)3)10-17(13)21-19(23)18-11-15-6-4-5-7-16(15)20-18/h8-10,15-16,18,20H,4-7,11-12H2,1-3H3,(H,21,23). The van der Waals surface area contributed by atoms with E-state index in [0.29, 0.717) is 12.0 Å². The summed E-state index contributed by atoms with van der Waals surface area (Å²) in [4.78, 5) is 14.8. The molecule has 1 amide bonds. The first kappa shape index (κ1) is 16.5. The summed E-state index contributed by atoms with van der Waals surface area (Å²) < 4.78 is 0. The summed E-state index contributed by atoms with van der Waals surface area (Å²) >= 11 is 0. The van der Waals surface area contributed by atoms with Gasteiger partial charge >= 0.3 is 0 Å². The molecule has 0 spiro atoms. The van der Waals surface area contributed by atoms with Crippen LogP contribution in [0, 0.1) is 12.8 Å². The number of benzene rings is 1. The van der Waals surface area contributed by atoms with Crippen LogP contribution < -0.4 is 10.6 Å². The molecule has 3 rings (SSSR count). The lowest BCUT2D eigenvalue weighted by molar-refractivity contribution is -0.117. The fraction of sp³-hybridized carbons (Fsp3) is 0.632. The van der Waals surface area contributed by atoms with Gasteiger partial charge in [-0.25, -0.2) is 0 Å². The van der Waals surface area contributed by atoms with Crippen LogP contribution in [0.1, 0.15) is 43.2 Å². The molecular formula is C19H29N3O. The normalized spacial score (nSPS) is 27.0. The number of amides is 1. The molecule has 1 heterocycles. The van der Waals surface area contributed by atoms with Crippen LogP contribution in [0.25, 0.3) is 0 Å². The zero-order valence-electron chi connectivity index (χ0n) is 14.6. The van der Waals surface area contributed by atoms with E-state index in [4.69, 9.17) is 0 Å². The maximum atomic E-state index is 12.7.